The maximum absolute atomic E-state index is 12.6. The third-order valence-electron chi connectivity index (χ3n) is 4.75. The molecule has 5 heteroatoms. The summed E-state index contributed by atoms with van der Waals surface area (Å²) in [7, 11) is 0. The molecular formula is C21H32N2O3. The van der Waals surface area contributed by atoms with E-state index < -0.39 is 0 Å². The minimum atomic E-state index is -0.304. The summed E-state index contributed by atoms with van der Waals surface area (Å²) in [4.78, 5) is 28.6. The van der Waals surface area contributed by atoms with Crippen LogP contribution in [-0.4, -0.2) is 53.9 Å². The zero-order chi connectivity index (χ0) is 18.9. The van der Waals surface area contributed by atoms with Gasteiger partial charge in [0.25, 0.3) is 0 Å². The summed E-state index contributed by atoms with van der Waals surface area (Å²) in [6.45, 7) is 8.85. The molecule has 1 aromatic carbocycles. The first-order chi connectivity index (χ1) is 12.5. The lowest BCUT2D eigenvalue weighted by atomic mass is 9.98. The van der Waals surface area contributed by atoms with Gasteiger partial charge in [-0.05, 0) is 37.7 Å². The van der Waals surface area contributed by atoms with Crippen LogP contribution in [0.2, 0.25) is 0 Å². The fourth-order valence-electron chi connectivity index (χ4n) is 3.32. The molecule has 2 rings (SSSR count). The van der Waals surface area contributed by atoms with Crippen molar-refractivity contribution in [1.29, 1.82) is 0 Å². The van der Waals surface area contributed by atoms with E-state index in [1.807, 2.05) is 37.3 Å². The molecule has 1 heterocycles. The zero-order valence-electron chi connectivity index (χ0n) is 16.3. The number of carbonyl (C=O) groups excluding carboxylic acids is 2. The number of amides is 2. The van der Waals surface area contributed by atoms with Crippen LogP contribution in [0.4, 0.5) is 0 Å². The third kappa shape index (κ3) is 5.84. The molecule has 0 spiro atoms. The first-order valence-electron chi connectivity index (χ1n) is 9.72. The van der Waals surface area contributed by atoms with Gasteiger partial charge < -0.3 is 14.5 Å². The van der Waals surface area contributed by atoms with E-state index in [0.29, 0.717) is 32.2 Å². The van der Waals surface area contributed by atoms with E-state index in [9.17, 15) is 9.59 Å². The van der Waals surface area contributed by atoms with Gasteiger partial charge in [-0.1, -0.05) is 44.2 Å². The zero-order valence-corrected chi connectivity index (χ0v) is 16.3. The van der Waals surface area contributed by atoms with Gasteiger partial charge in [0.1, 0.15) is 6.04 Å². The second-order valence-corrected chi connectivity index (χ2v) is 7.33. The number of nitrogens with zero attached hydrogens (tertiary/aromatic N) is 2. The Bertz CT molecular complexity index is 574. The van der Waals surface area contributed by atoms with E-state index in [-0.39, 0.29) is 24.4 Å². The topological polar surface area (TPSA) is 49.9 Å². The van der Waals surface area contributed by atoms with E-state index in [4.69, 9.17) is 4.74 Å². The summed E-state index contributed by atoms with van der Waals surface area (Å²) in [5, 5.41) is 0. The smallest absolute Gasteiger partial charge is 0.245 e. The molecule has 0 aromatic heterocycles. The Morgan fingerprint density at radius 1 is 1.15 bits per heavy atom. The van der Waals surface area contributed by atoms with Crippen molar-refractivity contribution < 1.29 is 14.3 Å². The van der Waals surface area contributed by atoms with Crippen LogP contribution in [0.1, 0.15) is 45.6 Å². The average Bonchev–Trinajstić information content (AvgIpc) is 2.63. The highest BCUT2D eigenvalue weighted by Gasteiger charge is 2.38. The molecule has 0 radical (unpaired) electrons. The molecule has 1 aliphatic heterocycles. The number of unbranched alkanes of at least 4 members (excludes halogenated alkanes) is 1. The highest BCUT2D eigenvalue weighted by atomic mass is 16.5. The van der Waals surface area contributed by atoms with Crippen molar-refractivity contribution in [1.82, 2.24) is 9.80 Å². The van der Waals surface area contributed by atoms with E-state index in [2.05, 4.69) is 13.8 Å². The fourth-order valence-corrected chi connectivity index (χ4v) is 3.32. The standard InChI is InChI=1S/C21H32N2O3/c1-4-22-15-20(24)23(19(21(22)25)14-17(2)3)12-8-9-13-26-16-18-10-6-5-7-11-18/h5-7,10-11,17,19H,4,8-9,12-16H2,1-3H3/t19-/m0/s1. The fraction of sp³-hybridized carbons (Fsp3) is 0.619. The van der Waals surface area contributed by atoms with Crippen molar-refractivity contribution in [2.24, 2.45) is 5.92 Å². The van der Waals surface area contributed by atoms with E-state index in [1.54, 1.807) is 9.80 Å². The van der Waals surface area contributed by atoms with Gasteiger partial charge in [-0.3, -0.25) is 9.59 Å². The van der Waals surface area contributed by atoms with E-state index >= 15 is 0 Å². The van der Waals surface area contributed by atoms with E-state index in [1.165, 1.54) is 5.56 Å². The molecule has 1 aromatic rings. The Kier molecular flexibility index (Phi) is 8.10. The molecule has 0 N–H and O–H groups in total. The maximum atomic E-state index is 12.6. The van der Waals surface area contributed by atoms with Gasteiger partial charge in [0.05, 0.1) is 13.2 Å². The van der Waals surface area contributed by atoms with Gasteiger partial charge in [0, 0.05) is 19.7 Å². The van der Waals surface area contributed by atoms with Crippen LogP contribution in [0.15, 0.2) is 30.3 Å². The first-order valence-corrected chi connectivity index (χ1v) is 9.72. The normalized spacial score (nSPS) is 18.1. The number of hydrogen-bond acceptors (Lipinski definition) is 3. The molecule has 26 heavy (non-hydrogen) atoms. The minimum Gasteiger partial charge on any atom is -0.377 e. The molecule has 2 amide bonds. The maximum Gasteiger partial charge on any atom is 0.245 e. The van der Waals surface area contributed by atoms with E-state index in [0.717, 1.165) is 19.3 Å². The van der Waals surface area contributed by atoms with Gasteiger partial charge in [0.15, 0.2) is 0 Å². The Labute approximate surface area is 157 Å². The number of benzene rings is 1. The molecule has 0 bridgehead atoms. The van der Waals surface area contributed by atoms with Crippen LogP contribution in [0.5, 0.6) is 0 Å². The molecule has 0 saturated carbocycles. The molecule has 1 atom stereocenters. The number of hydrogen-bond donors (Lipinski definition) is 0. The molecule has 5 nitrogen and oxygen atoms in total. The number of ether oxygens (including phenoxy) is 1. The van der Waals surface area contributed by atoms with Gasteiger partial charge in [-0.2, -0.15) is 0 Å². The quantitative estimate of drug-likeness (QED) is 0.603. The number of likely N-dealkylation sites (N-methyl/N-ethyl adjacent to an activating group) is 1. The van der Waals surface area contributed by atoms with Crippen LogP contribution in [0.25, 0.3) is 0 Å². The van der Waals surface area contributed by atoms with Crippen molar-refractivity contribution in [3.05, 3.63) is 35.9 Å². The van der Waals surface area contributed by atoms with Crippen LogP contribution in [0, 0.1) is 5.92 Å². The molecule has 1 fully saturated rings. The van der Waals surface area contributed by atoms with Crippen LogP contribution >= 0.6 is 0 Å². The van der Waals surface area contributed by atoms with Crippen LogP contribution < -0.4 is 0 Å². The largest absolute Gasteiger partial charge is 0.377 e. The highest BCUT2D eigenvalue weighted by Crippen LogP contribution is 2.20. The second-order valence-electron chi connectivity index (χ2n) is 7.33. The lowest BCUT2D eigenvalue weighted by Crippen LogP contribution is -2.60. The predicted molar refractivity (Wildman–Crippen MR) is 103 cm³/mol. The van der Waals surface area contributed by atoms with Gasteiger partial charge >= 0.3 is 0 Å². The monoisotopic (exact) mass is 360 g/mol. The second kappa shape index (κ2) is 10.3. The van der Waals surface area contributed by atoms with Crippen LogP contribution in [0.3, 0.4) is 0 Å². The minimum absolute atomic E-state index is 0.0716. The van der Waals surface area contributed by atoms with Crippen molar-refractivity contribution >= 4 is 11.8 Å². The Morgan fingerprint density at radius 2 is 1.88 bits per heavy atom. The van der Waals surface area contributed by atoms with Crippen molar-refractivity contribution in [3.63, 3.8) is 0 Å². The van der Waals surface area contributed by atoms with Gasteiger partial charge in [-0.25, -0.2) is 0 Å². The third-order valence-corrected chi connectivity index (χ3v) is 4.75. The summed E-state index contributed by atoms with van der Waals surface area (Å²) in [5.74, 6) is 0.550. The van der Waals surface area contributed by atoms with Crippen LogP contribution in [-0.2, 0) is 20.9 Å². The molecule has 144 valence electrons. The lowest BCUT2D eigenvalue weighted by Gasteiger charge is -2.40. The number of rotatable bonds is 10. The lowest BCUT2D eigenvalue weighted by molar-refractivity contribution is -0.156. The average molecular weight is 360 g/mol. The van der Waals surface area contributed by atoms with Crippen molar-refractivity contribution in [2.45, 2.75) is 52.7 Å². The Balaban J connectivity index is 1.78. The summed E-state index contributed by atoms with van der Waals surface area (Å²) in [6.07, 6.45) is 2.47. The SMILES string of the molecule is CCN1CC(=O)N(CCCCOCc2ccccc2)[C@@H](CC(C)C)C1=O. The first kappa shape index (κ1) is 20.4. The summed E-state index contributed by atoms with van der Waals surface area (Å²) in [5.41, 5.74) is 1.17. The number of piperazine rings is 1. The molecule has 0 unspecified atom stereocenters. The Hall–Kier alpha value is -1.88. The van der Waals surface area contributed by atoms with Gasteiger partial charge in [-0.15, -0.1) is 0 Å². The molecular weight excluding hydrogens is 328 g/mol. The highest BCUT2D eigenvalue weighted by molar-refractivity contribution is 5.94. The molecule has 1 saturated heterocycles. The molecule has 0 aliphatic carbocycles. The van der Waals surface area contributed by atoms with Crippen molar-refractivity contribution in [3.8, 4) is 0 Å². The van der Waals surface area contributed by atoms with Crippen molar-refractivity contribution in [2.75, 3.05) is 26.2 Å². The predicted octanol–water partition coefficient (Wildman–Crippen LogP) is 3.09. The summed E-state index contributed by atoms with van der Waals surface area (Å²) >= 11 is 0. The number of carbonyl (C=O) groups is 2. The summed E-state index contributed by atoms with van der Waals surface area (Å²) < 4.78 is 5.70. The molecule has 1 aliphatic rings. The Morgan fingerprint density at radius 3 is 2.54 bits per heavy atom. The summed E-state index contributed by atoms with van der Waals surface area (Å²) in [6, 6.07) is 9.80. The van der Waals surface area contributed by atoms with Gasteiger partial charge in [0.2, 0.25) is 11.8 Å².